The maximum absolute atomic E-state index is 5.15. The van der Waals surface area contributed by atoms with Crippen LogP contribution in [0.3, 0.4) is 0 Å². The largest absolute Gasteiger partial charge is 0.327 e. The Hall–Kier alpha value is 0.390. The van der Waals surface area contributed by atoms with Crippen molar-refractivity contribution in [1.82, 2.24) is 0 Å². The first kappa shape index (κ1) is 5.39. The highest BCUT2D eigenvalue weighted by Gasteiger charge is 1.66. The first-order valence-corrected chi connectivity index (χ1v) is 3.24. The quantitative estimate of drug-likeness (QED) is 0.495. The Morgan fingerprint density at radius 1 is 1.80 bits per heavy atom. The standard InChI is InChI=1S/C3H10NP/c1-2-5-3-4/h5H,2-4H2,1H3. The molecular weight excluding hydrogens is 81.0 g/mol. The molecule has 0 aromatic carbocycles. The third-order valence-electron chi connectivity index (χ3n) is 0.394. The molecule has 0 spiro atoms. The highest BCUT2D eigenvalue weighted by atomic mass is 31.1. The molecule has 0 bridgehead atoms. The van der Waals surface area contributed by atoms with Crippen LogP contribution in [0.15, 0.2) is 0 Å². The van der Waals surface area contributed by atoms with E-state index in [-0.39, 0.29) is 0 Å². The van der Waals surface area contributed by atoms with Crippen molar-refractivity contribution in [3.8, 4) is 0 Å². The zero-order chi connectivity index (χ0) is 4.12. The van der Waals surface area contributed by atoms with Crippen LogP contribution in [0.5, 0.6) is 0 Å². The fourth-order valence-electron chi connectivity index (χ4n) is 0.144. The monoisotopic (exact) mass is 91.1 g/mol. The van der Waals surface area contributed by atoms with Crippen molar-refractivity contribution in [2.45, 2.75) is 6.92 Å². The predicted molar refractivity (Wildman–Crippen MR) is 27.9 cm³/mol. The molecule has 1 atom stereocenters. The maximum atomic E-state index is 5.15. The number of hydrogen-bond donors (Lipinski definition) is 1. The lowest BCUT2D eigenvalue weighted by Crippen LogP contribution is -1.88. The van der Waals surface area contributed by atoms with Crippen LogP contribution in [-0.4, -0.2) is 12.4 Å². The third kappa shape index (κ3) is 4.39. The van der Waals surface area contributed by atoms with Gasteiger partial charge in [0.1, 0.15) is 0 Å². The summed E-state index contributed by atoms with van der Waals surface area (Å²) in [7, 11) is 0.975. The Morgan fingerprint density at radius 2 is 2.40 bits per heavy atom. The summed E-state index contributed by atoms with van der Waals surface area (Å²) in [5.74, 6) is 0. The summed E-state index contributed by atoms with van der Waals surface area (Å²) in [5.41, 5.74) is 5.15. The lowest BCUT2D eigenvalue weighted by atomic mass is 11.0. The van der Waals surface area contributed by atoms with E-state index in [9.17, 15) is 0 Å². The Kier molecular flexibility index (Phi) is 4.73. The maximum Gasteiger partial charge on any atom is 0.00987 e. The van der Waals surface area contributed by atoms with Crippen molar-refractivity contribution in [3.05, 3.63) is 0 Å². The van der Waals surface area contributed by atoms with Crippen LogP contribution in [0.25, 0.3) is 0 Å². The highest BCUT2D eigenvalue weighted by molar-refractivity contribution is 7.37. The molecule has 0 aliphatic rings. The van der Waals surface area contributed by atoms with Gasteiger partial charge in [-0.15, -0.1) is 8.58 Å². The van der Waals surface area contributed by atoms with E-state index in [0.717, 1.165) is 14.9 Å². The minimum Gasteiger partial charge on any atom is -0.327 e. The molecule has 0 radical (unpaired) electrons. The van der Waals surface area contributed by atoms with Gasteiger partial charge in [-0.1, -0.05) is 6.92 Å². The Bertz CT molecular complexity index is 14.4. The predicted octanol–water partition coefficient (Wildman–Crippen LogP) is 0.601. The zero-order valence-corrected chi connectivity index (χ0v) is 4.49. The molecule has 0 heterocycles. The van der Waals surface area contributed by atoms with Gasteiger partial charge in [-0.05, 0) is 6.16 Å². The van der Waals surface area contributed by atoms with Gasteiger partial charge in [-0.25, -0.2) is 0 Å². The van der Waals surface area contributed by atoms with Gasteiger partial charge in [0.15, 0.2) is 0 Å². The van der Waals surface area contributed by atoms with Gasteiger partial charge in [0.05, 0.1) is 0 Å². The van der Waals surface area contributed by atoms with Crippen molar-refractivity contribution >= 4 is 8.58 Å². The molecule has 5 heavy (non-hydrogen) atoms. The smallest absolute Gasteiger partial charge is 0.00987 e. The fourth-order valence-corrected chi connectivity index (χ4v) is 0.433. The van der Waals surface area contributed by atoms with Crippen LogP contribution in [0.1, 0.15) is 6.92 Å². The SMILES string of the molecule is CCPCN. The molecule has 0 amide bonds. The fraction of sp³-hybridized carbons (Fsp3) is 1.00. The summed E-state index contributed by atoms with van der Waals surface area (Å²) in [6.07, 6.45) is 2.12. The molecule has 2 N–H and O–H groups in total. The van der Waals surface area contributed by atoms with E-state index < -0.39 is 0 Å². The van der Waals surface area contributed by atoms with E-state index in [0.29, 0.717) is 0 Å². The molecule has 0 aliphatic carbocycles. The summed E-state index contributed by atoms with van der Waals surface area (Å²) in [6, 6.07) is 0. The van der Waals surface area contributed by atoms with Crippen LogP contribution >= 0.6 is 8.58 Å². The van der Waals surface area contributed by atoms with E-state index in [1.807, 2.05) is 0 Å². The van der Waals surface area contributed by atoms with Crippen LogP contribution in [0.4, 0.5) is 0 Å². The molecule has 0 fully saturated rings. The van der Waals surface area contributed by atoms with Gasteiger partial charge in [0.25, 0.3) is 0 Å². The topological polar surface area (TPSA) is 26.0 Å². The van der Waals surface area contributed by atoms with E-state index >= 15 is 0 Å². The summed E-state index contributed by atoms with van der Waals surface area (Å²) in [6.45, 7) is 2.14. The molecule has 0 aromatic rings. The molecule has 0 aliphatic heterocycles. The van der Waals surface area contributed by atoms with Crippen molar-refractivity contribution in [1.29, 1.82) is 0 Å². The summed E-state index contributed by atoms with van der Waals surface area (Å²) in [4.78, 5) is 0. The van der Waals surface area contributed by atoms with Crippen LogP contribution in [0, 0.1) is 0 Å². The zero-order valence-electron chi connectivity index (χ0n) is 3.49. The molecule has 32 valence electrons. The third-order valence-corrected chi connectivity index (χ3v) is 1.18. The minimum atomic E-state index is 0.872. The second kappa shape index (κ2) is 4.39. The van der Waals surface area contributed by atoms with Gasteiger partial charge < -0.3 is 5.73 Å². The average Bonchev–Trinajstić information content (AvgIpc) is 1.41. The number of hydrogen-bond acceptors (Lipinski definition) is 1. The molecule has 2 heteroatoms. The van der Waals surface area contributed by atoms with Crippen molar-refractivity contribution in [3.63, 3.8) is 0 Å². The molecule has 0 saturated heterocycles. The molecule has 1 nitrogen and oxygen atoms in total. The van der Waals surface area contributed by atoms with Gasteiger partial charge in [-0.2, -0.15) is 0 Å². The second-order valence-electron chi connectivity index (χ2n) is 0.808. The van der Waals surface area contributed by atoms with Crippen molar-refractivity contribution < 1.29 is 0 Å². The Balaban J connectivity index is 2.19. The van der Waals surface area contributed by atoms with Crippen molar-refractivity contribution in [2.24, 2.45) is 5.73 Å². The minimum absolute atomic E-state index is 0.872. The van der Waals surface area contributed by atoms with Gasteiger partial charge >= 0.3 is 0 Å². The molecule has 0 saturated carbocycles. The Labute approximate surface area is 34.7 Å². The first-order chi connectivity index (χ1) is 2.41. The van der Waals surface area contributed by atoms with Crippen molar-refractivity contribution in [2.75, 3.05) is 12.4 Å². The summed E-state index contributed by atoms with van der Waals surface area (Å²) < 4.78 is 0. The van der Waals surface area contributed by atoms with E-state index in [2.05, 4.69) is 6.92 Å². The van der Waals surface area contributed by atoms with E-state index in [1.54, 1.807) is 0 Å². The average molecular weight is 91.1 g/mol. The van der Waals surface area contributed by atoms with E-state index in [1.165, 1.54) is 6.16 Å². The lowest BCUT2D eigenvalue weighted by Gasteiger charge is -1.81. The molecule has 0 rings (SSSR count). The number of rotatable bonds is 2. The number of nitrogens with two attached hydrogens (primary N) is 1. The summed E-state index contributed by atoms with van der Waals surface area (Å²) in [5, 5.41) is 0. The lowest BCUT2D eigenvalue weighted by molar-refractivity contribution is 1.36. The van der Waals surface area contributed by atoms with Gasteiger partial charge in [0, 0.05) is 6.29 Å². The van der Waals surface area contributed by atoms with Crippen LogP contribution in [-0.2, 0) is 0 Å². The van der Waals surface area contributed by atoms with Gasteiger partial charge in [-0.3, -0.25) is 0 Å². The highest BCUT2D eigenvalue weighted by Crippen LogP contribution is 2.00. The van der Waals surface area contributed by atoms with E-state index in [4.69, 9.17) is 5.73 Å². The normalized spacial score (nSPS) is 10.8. The Morgan fingerprint density at radius 3 is 2.40 bits per heavy atom. The molecular formula is C3H10NP. The first-order valence-electron chi connectivity index (χ1n) is 1.82. The second-order valence-corrected chi connectivity index (χ2v) is 2.42. The molecule has 1 unspecified atom stereocenters. The van der Waals surface area contributed by atoms with Gasteiger partial charge in [0.2, 0.25) is 0 Å². The van der Waals surface area contributed by atoms with Crippen LogP contribution < -0.4 is 5.73 Å². The summed E-state index contributed by atoms with van der Waals surface area (Å²) >= 11 is 0. The molecule has 0 aromatic heterocycles. The van der Waals surface area contributed by atoms with Crippen LogP contribution in [0.2, 0.25) is 0 Å².